The Morgan fingerprint density at radius 2 is 1.95 bits per heavy atom. The van der Waals surface area contributed by atoms with E-state index >= 15 is 0 Å². The highest BCUT2D eigenvalue weighted by Crippen LogP contribution is 2.45. The summed E-state index contributed by atoms with van der Waals surface area (Å²) >= 11 is 0. The predicted octanol–water partition coefficient (Wildman–Crippen LogP) is 2.14. The van der Waals surface area contributed by atoms with Gasteiger partial charge in [-0.1, -0.05) is 24.6 Å². The summed E-state index contributed by atoms with van der Waals surface area (Å²) in [4.78, 5) is 11.6. The van der Waals surface area contributed by atoms with E-state index in [1.807, 2.05) is 24.3 Å². The SMILES string of the molecule is COc1nnc(C2(C(=O)O)CCC2)c2ccccc12. The zero-order valence-corrected chi connectivity index (χ0v) is 10.6. The van der Waals surface area contributed by atoms with E-state index < -0.39 is 11.4 Å². The maximum absolute atomic E-state index is 11.6. The molecule has 1 aliphatic carbocycles. The molecule has 0 bridgehead atoms. The smallest absolute Gasteiger partial charge is 0.315 e. The number of hydrogen-bond acceptors (Lipinski definition) is 4. The fraction of sp³-hybridized carbons (Fsp3) is 0.357. The number of nitrogens with zero attached hydrogens (tertiary/aromatic N) is 2. The third-order valence-corrected chi connectivity index (χ3v) is 3.92. The van der Waals surface area contributed by atoms with Gasteiger partial charge in [0.1, 0.15) is 5.41 Å². The van der Waals surface area contributed by atoms with Gasteiger partial charge in [0.05, 0.1) is 12.8 Å². The van der Waals surface area contributed by atoms with Crippen molar-refractivity contribution in [3.8, 4) is 5.88 Å². The largest absolute Gasteiger partial charge is 0.481 e. The number of hydrogen-bond donors (Lipinski definition) is 1. The van der Waals surface area contributed by atoms with Crippen molar-refractivity contribution >= 4 is 16.7 Å². The number of ether oxygens (including phenoxy) is 1. The van der Waals surface area contributed by atoms with E-state index in [9.17, 15) is 9.90 Å². The van der Waals surface area contributed by atoms with Crippen LogP contribution in [0.4, 0.5) is 0 Å². The second kappa shape index (κ2) is 4.19. The van der Waals surface area contributed by atoms with Crippen LogP contribution in [-0.4, -0.2) is 28.4 Å². The Morgan fingerprint density at radius 1 is 1.26 bits per heavy atom. The molecule has 19 heavy (non-hydrogen) atoms. The Kier molecular flexibility index (Phi) is 2.62. The minimum Gasteiger partial charge on any atom is -0.481 e. The molecule has 0 amide bonds. The van der Waals surface area contributed by atoms with Crippen molar-refractivity contribution < 1.29 is 14.6 Å². The number of aromatic nitrogens is 2. The molecule has 3 rings (SSSR count). The fourth-order valence-electron chi connectivity index (χ4n) is 2.67. The first kappa shape index (κ1) is 11.9. The summed E-state index contributed by atoms with van der Waals surface area (Å²) in [7, 11) is 1.53. The van der Waals surface area contributed by atoms with Gasteiger partial charge in [-0.15, -0.1) is 5.10 Å². The van der Waals surface area contributed by atoms with Crippen molar-refractivity contribution in [3.63, 3.8) is 0 Å². The molecule has 5 nitrogen and oxygen atoms in total. The number of carboxylic acid groups (broad SMARTS) is 1. The highest BCUT2D eigenvalue weighted by atomic mass is 16.5. The Morgan fingerprint density at radius 3 is 2.47 bits per heavy atom. The molecule has 0 spiro atoms. The van der Waals surface area contributed by atoms with E-state index in [4.69, 9.17) is 4.74 Å². The van der Waals surface area contributed by atoms with Crippen molar-refractivity contribution in [1.82, 2.24) is 10.2 Å². The van der Waals surface area contributed by atoms with Gasteiger partial charge in [0, 0.05) is 10.8 Å². The molecular weight excluding hydrogens is 244 g/mol. The Labute approximate surface area is 110 Å². The molecule has 2 aromatic rings. The lowest BCUT2D eigenvalue weighted by Gasteiger charge is -2.37. The zero-order chi connectivity index (χ0) is 13.5. The first-order chi connectivity index (χ1) is 9.19. The maximum atomic E-state index is 11.6. The van der Waals surface area contributed by atoms with Gasteiger partial charge in [0.15, 0.2) is 0 Å². The molecule has 1 heterocycles. The molecule has 98 valence electrons. The molecule has 0 saturated heterocycles. The van der Waals surface area contributed by atoms with Crippen LogP contribution in [0.25, 0.3) is 10.8 Å². The minimum atomic E-state index is -0.876. The van der Waals surface area contributed by atoms with Gasteiger partial charge < -0.3 is 9.84 Å². The van der Waals surface area contributed by atoms with Gasteiger partial charge in [0.25, 0.3) is 0 Å². The van der Waals surface area contributed by atoms with Crippen LogP contribution >= 0.6 is 0 Å². The number of carbonyl (C=O) groups is 1. The van der Waals surface area contributed by atoms with Gasteiger partial charge in [-0.3, -0.25) is 4.79 Å². The van der Waals surface area contributed by atoms with Crippen LogP contribution in [-0.2, 0) is 10.2 Å². The second-order valence-electron chi connectivity index (χ2n) is 4.84. The van der Waals surface area contributed by atoms with E-state index in [2.05, 4.69) is 10.2 Å². The standard InChI is InChI=1S/C14H14N2O3/c1-19-12-10-6-3-2-5-9(10)11(15-16-12)14(13(17)18)7-4-8-14/h2-3,5-6H,4,7-8H2,1H3,(H,17,18). The van der Waals surface area contributed by atoms with Crippen LogP contribution in [0.1, 0.15) is 25.0 Å². The fourth-order valence-corrected chi connectivity index (χ4v) is 2.67. The zero-order valence-electron chi connectivity index (χ0n) is 10.6. The molecule has 0 radical (unpaired) electrons. The van der Waals surface area contributed by atoms with Gasteiger partial charge in [-0.25, -0.2) is 0 Å². The average Bonchev–Trinajstić information content (AvgIpc) is 2.37. The predicted molar refractivity (Wildman–Crippen MR) is 69.3 cm³/mol. The lowest BCUT2D eigenvalue weighted by atomic mass is 9.65. The molecule has 1 fully saturated rings. The van der Waals surface area contributed by atoms with E-state index in [1.165, 1.54) is 7.11 Å². The molecule has 1 N–H and O–H groups in total. The summed E-state index contributed by atoms with van der Waals surface area (Å²) in [6.07, 6.45) is 2.15. The van der Waals surface area contributed by atoms with E-state index in [1.54, 1.807) is 0 Å². The molecule has 1 aromatic heterocycles. The van der Waals surface area contributed by atoms with E-state index in [0.717, 1.165) is 17.2 Å². The number of carboxylic acids is 1. The van der Waals surface area contributed by atoms with Crippen LogP contribution in [0.15, 0.2) is 24.3 Å². The monoisotopic (exact) mass is 258 g/mol. The second-order valence-corrected chi connectivity index (χ2v) is 4.84. The quantitative estimate of drug-likeness (QED) is 0.913. The summed E-state index contributed by atoms with van der Waals surface area (Å²) in [5, 5.41) is 19.3. The first-order valence-electron chi connectivity index (χ1n) is 6.22. The third-order valence-electron chi connectivity index (χ3n) is 3.92. The summed E-state index contributed by atoms with van der Waals surface area (Å²) in [5.74, 6) is -0.386. The number of methoxy groups -OCH3 is 1. The van der Waals surface area contributed by atoms with E-state index in [-0.39, 0.29) is 0 Å². The molecule has 1 aliphatic rings. The Hall–Kier alpha value is -2.17. The highest BCUT2D eigenvalue weighted by Gasteiger charge is 2.48. The molecule has 5 heteroatoms. The van der Waals surface area contributed by atoms with Crippen molar-refractivity contribution in [2.24, 2.45) is 0 Å². The molecule has 0 atom stereocenters. The summed E-state index contributed by atoms with van der Waals surface area (Å²) in [6, 6.07) is 7.51. The highest BCUT2D eigenvalue weighted by molar-refractivity contribution is 5.94. The van der Waals surface area contributed by atoms with Crippen molar-refractivity contribution in [1.29, 1.82) is 0 Å². The van der Waals surface area contributed by atoms with Gasteiger partial charge in [-0.05, 0) is 18.9 Å². The summed E-state index contributed by atoms with van der Waals surface area (Å²) in [5.41, 5.74) is -0.318. The van der Waals surface area contributed by atoms with Crippen molar-refractivity contribution in [2.75, 3.05) is 7.11 Å². The number of fused-ring (bicyclic) bond motifs is 1. The number of aliphatic carboxylic acids is 1. The minimum absolute atomic E-state index is 0.430. The van der Waals surface area contributed by atoms with Gasteiger partial charge in [-0.2, -0.15) is 5.10 Å². The summed E-state index contributed by atoms with van der Waals surface area (Å²) in [6.45, 7) is 0. The van der Waals surface area contributed by atoms with Crippen LogP contribution in [0, 0.1) is 0 Å². The van der Waals surface area contributed by atoms with Crippen LogP contribution in [0.3, 0.4) is 0 Å². The lowest BCUT2D eigenvalue weighted by molar-refractivity contribution is -0.147. The molecule has 0 unspecified atom stereocenters. The van der Waals surface area contributed by atoms with Gasteiger partial charge >= 0.3 is 5.97 Å². The lowest BCUT2D eigenvalue weighted by Crippen LogP contribution is -2.43. The molecule has 1 saturated carbocycles. The summed E-state index contributed by atoms with van der Waals surface area (Å²) < 4.78 is 5.19. The maximum Gasteiger partial charge on any atom is 0.315 e. The van der Waals surface area contributed by atoms with Crippen LogP contribution in [0.2, 0.25) is 0 Å². The molecule has 1 aromatic carbocycles. The Bertz CT molecular complexity index is 650. The third kappa shape index (κ3) is 1.58. The number of benzene rings is 1. The molecular formula is C14H14N2O3. The van der Waals surface area contributed by atoms with E-state index in [0.29, 0.717) is 24.4 Å². The number of rotatable bonds is 3. The topological polar surface area (TPSA) is 72.3 Å². The Balaban J connectivity index is 2.28. The van der Waals surface area contributed by atoms with Crippen LogP contribution < -0.4 is 4.74 Å². The average molecular weight is 258 g/mol. The van der Waals surface area contributed by atoms with Crippen molar-refractivity contribution in [2.45, 2.75) is 24.7 Å². The first-order valence-corrected chi connectivity index (χ1v) is 6.22. The molecule has 0 aliphatic heterocycles. The van der Waals surface area contributed by atoms with Crippen LogP contribution in [0.5, 0.6) is 5.88 Å². The van der Waals surface area contributed by atoms with Gasteiger partial charge in [0.2, 0.25) is 5.88 Å². The normalized spacial score (nSPS) is 16.9. The van der Waals surface area contributed by atoms with Crippen molar-refractivity contribution in [3.05, 3.63) is 30.0 Å².